The van der Waals surface area contributed by atoms with Crippen molar-refractivity contribution in [3.63, 3.8) is 0 Å². The summed E-state index contributed by atoms with van der Waals surface area (Å²) in [6.07, 6.45) is 0. The van der Waals surface area contributed by atoms with Crippen molar-refractivity contribution in [1.29, 1.82) is 0 Å². The molecule has 0 saturated carbocycles. The molecule has 0 heterocycles. The second kappa shape index (κ2) is 11.0. The van der Waals surface area contributed by atoms with Crippen LogP contribution in [0.5, 0.6) is 5.75 Å². The second-order valence-corrected chi connectivity index (χ2v) is 6.07. The van der Waals surface area contributed by atoms with Crippen LogP contribution in [0, 0.1) is 0 Å². The van der Waals surface area contributed by atoms with E-state index in [2.05, 4.69) is 15.9 Å². The molecule has 1 N–H and O–H groups in total. The molecule has 0 atom stereocenters. The molecule has 0 fully saturated rings. The van der Waals surface area contributed by atoms with Gasteiger partial charge in [-0.3, -0.25) is 4.79 Å². The van der Waals surface area contributed by atoms with Crippen LogP contribution in [-0.2, 0) is 9.47 Å². The van der Waals surface area contributed by atoms with Crippen LogP contribution in [0.4, 0.5) is 0 Å². The van der Waals surface area contributed by atoms with Gasteiger partial charge in [0, 0.05) is 15.6 Å². The Morgan fingerprint density at radius 2 is 1.32 bits per heavy atom. The molecule has 0 spiro atoms. The normalized spacial score (nSPS) is 10.6. The van der Waals surface area contributed by atoms with Crippen molar-refractivity contribution in [3.8, 4) is 5.75 Å². The van der Waals surface area contributed by atoms with E-state index in [1.165, 1.54) is 0 Å². The molecule has 0 aliphatic heterocycles. The standard InChI is InChI=1S/C19H21BrO5/c20-17-5-1-15(2-6-17)19(22)16-3-7-18(8-4-16)25-14-13-24-12-11-23-10-9-21/h1-8,21H,9-14H2. The van der Waals surface area contributed by atoms with Crippen molar-refractivity contribution in [2.45, 2.75) is 0 Å². The predicted octanol–water partition coefficient (Wildman–Crippen LogP) is 3.08. The van der Waals surface area contributed by atoms with Crippen LogP contribution < -0.4 is 4.74 Å². The summed E-state index contributed by atoms with van der Waals surface area (Å²) in [4.78, 5) is 12.4. The molecule has 0 radical (unpaired) electrons. The van der Waals surface area contributed by atoms with Gasteiger partial charge in [0.25, 0.3) is 0 Å². The van der Waals surface area contributed by atoms with E-state index < -0.39 is 0 Å². The lowest BCUT2D eigenvalue weighted by molar-refractivity contribution is 0.0247. The van der Waals surface area contributed by atoms with E-state index in [-0.39, 0.29) is 12.4 Å². The topological polar surface area (TPSA) is 65.0 Å². The van der Waals surface area contributed by atoms with Gasteiger partial charge in [-0.05, 0) is 48.5 Å². The minimum absolute atomic E-state index is 0.0173. The molecular weight excluding hydrogens is 388 g/mol. The molecule has 0 aliphatic carbocycles. The number of ether oxygens (including phenoxy) is 3. The maximum absolute atomic E-state index is 12.4. The van der Waals surface area contributed by atoms with Crippen LogP contribution in [0.25, 0.3) is 0 Å². The molecular formula is C19H21BrO5. The minimum atomic E-state index is -0.0229. The van der Waals surface area contributed by atoms with Crippen molar-refractivity contribution in [3.05, 3.63) is 64.1 Å². The van der Waals surface area contributed by atoms with Gasteiger partial charge >= 0.3 is 0 Å². The van der Waals surface area contributed by atoms with Crippen LogP contribution >= 0.6 is 15.9 Å². The summed E-state index contributed by atoms with van der Waals surface area (Å²) in [5, 5.41) is 8.55. The van der Waals surface area contributed by atoms with Crippen LogP contribution in [0.3, 0.4) is 0 Å². The van der Waals surface area contributed by atoms with E-state index in [1.807, 2.05) is 12.1 Å². The first-order chi connectivity index (χ1) is 12.2. The Morgan fingerprint density at radius 1 is 0.800 bits per heavy atom. The summed E-state index contributed by atoms with van der Waals surface area (Å²) in [5.74, 6) is 0.665. The smallest absolute Gasteiger partial charge is 0.193 e. The van der Waals surface area contributed by atoms with E-state index in [0.29, 0.717) is 49.9 Å². The second-order valence-electron chi connectivity index (χ2n) is 5.16. The monoisotopic (exact) mass is 408 g/mol. The van der Waals surface area contributed by atoms with Crippen LogP contribution in [-0.4, -0.2) is 50.5 Å². The number of halogens is 1. The van der Waals surface area contributed by atoms with Gasteiger partial charge in [0.15, 0.2) is 5.78 Å². The highest BCUT2D eigenvalue weighted by atomic mass is 79.9. The summed E-state index contributed by atoms with van der Waals surface area (Å²) >= 11 is 3.36. The van der Waals surface area contributed by atoms with Gasteiger partial charge in [0.1, 0.15) is 12.4 Å². The van der Waals surface area contributed by atoms with Crippen molar-refractivity contribution >= 4 is 21.7 Å². The zero-order valence-electron chi connectivity index (χ0n) is 13.8. The summed E-state index contributed by atoms with van der Waals surface area (Å²) in [6, 6.07) is 14.3. The Morgan fingerprint density at radius 3 is 1.92 bits per heavy atom. The number of carbonyl (C=O) groups is 1. The Kier molecular flexibility index (Phi) is 8.62. The number of aliphatic hydroxyl groups excluding tert-OH is 1. The van der Waals surface area contributed by atoms with E-state index >= 15 is 0 Å². The highest BCUT2D eigenvalue weighted by molar-refractivity contribution is 9.10. The maximum atomic E-state index is 12.4. The molecule has 2 aromatic rings. The zero-order valence-corrected chi connectivity index (χ0v) is 15.4. The lowest BCUT2D eigenvalue weighted by atomic mass is 10.0. The summed E-state index contributed by atoms with van der Waals surface area (Å²) in [7, 11) is 0. The molecule has 0 amide bonds. The van der Waals surface area contributed by atoms with Crippen molar-refractivity contribution in [1.82, 2.24) is 0 Å². The summed E-state index contributed by atoms with van der Waals surface area (Å²) in [5.41, 5.74) is 1.26. The Labute approximate surface area is 155 Å². The van der Waals surface area contributed by atoms with E-state index in [1.54, 1.807) is 36.4 Å². The number of hydrogen-bond acceptors (Lipinski definition) is 5. The van der Waals surface area contributed by atoms with Gasteiger partial charge in [-0.2, -0.15) is 0 Å². The first kappa shape index (κ1) is 19.6. The first-order valence-corrected chi connectivity index (χ1v) is 8.79. The number of carbonyl (C=O) groups excluding carboxylic acids is 1. The van der Waals surface area contributed by atoms with Crippen LogP contribution in [0.1, 0.15) is 15.9 Å². The molecule has 2 aromatic carbocycles. The molecule has 0 saturated heterocycles. The van der Waals surface area contributed by atoms with Gasteiger partial charge in [-0.25, -0.2) is 0 Å². The highest BCUT2D eigenvalue weighted by Gasteiger charge is 2.08. The Hall–Kier alpha value is -1.73. The fraction of sp³-hybridized carbons (Fsp3) is 0.316. The zero-order chi connectivity index (χ0) is 17.9. The van der Waals surface area contributed by atoms with E-state index in [0.717, 1.165) is 4.47 Å². The molecule has 2 rings (SSSR count). The van der Waals surface area contributed by atoms with Crippen LogP contribution in [0.2, 0.25) is 0 Å². The third-order valence-electron chi connectivity index (χ3n) is 3.33. The average molecular weight is 409 g/mol. The first-order valence-electron chi connectivity index (χ1n) is 8.00. The summed E-state index contributed by atoms with van der Waals surface area (Å²) < 4.78 is 16.9. The van der Waals surface area contributed by atoms with Gasteiger partial charge in [-0.15, -0.1) is 0 Å². The number of ketones is 1. The van der Waals surface area contributed by atoms with Gasteiger partial charge in [-0.1, -0.05) is 15.9 Å². The van der Waals surface area contributed by atoms with Gasteiger partial charge in [0.05, 0.1) is 33.0 Å². The minimum Gasteiger partial charge on any atom is -0.491 e. The molecule has 0 unspecified atom stereocenters. The predicted molar refractivity (Wildman–Crippen MR) is 98.2 cm³/mol. The SMILES string of the molecule is O=C(c1ccc(Br)cc1)c1ccc(OCCOCCOCCO)cc1. The van der Waals surface area contributed by atoms with E-state index in [4.69, 9.17) is 19.3 Å². The third kappa shape index (κ3) is 6.96. The molecule has 0 bridgehead atoms. The molecule has 6 heteroatoms. The quantitative estimate of drug-likeness (QED) is 0.457. The van der Waals surface area contributed by atoms with Crippen molar-refractivity contribution in [2.75, 3.05) is 39.6 Å². The lowest BCUT2D eigenvalue weighted by Crippen LogP contribution is -2.12. The van der Waals surface area contributed by atoms with Gasteiger partial charge in [0.2, 0.25) is 0 Å². The number of hydrogen-bond donors (Lipinski definition) is 1. The van der Waals surface area contributed by atoms with Crippen molar-refractivity contribution in [2.24, 2.45) is 0 Å². The largest absolute Gasteiger partial charge is 0.491 e. The number of rotatable bonds is 11. The molecule has 0 aromatic heterocycles. The lowest BCUT2D eigenvalue weighted by Gasteiger charge is -2.08. The third-order valence-corrected chi connectivity index (χ3v) is 3.86. The Balaban J connectivity index is 1.72. The molecule has 5 nitrogen and oxygen atoms in total. The average Bonchev–Trinajstić information content (AvgIpc) is 2.64. The molecule has 0 aliphatic rings. The molecule has 25 heavy (non-hydrogen) atoms. The maximum Gasteiger partial charge on any atom is 0.193 e. The van der Waals surface area contributed by atoms with Gasteiger partial charge < -0.3 is 19.3 Å². The molecule has 134 valence electrons. The Bertz CT molecular complexity index is 640. The number of benzene rings is 2. The summed E-state index contributed by atoms with van der Waals surface area (Å²) in [6.45, 7) is 2.12. The van der Waals surface area contributed by atoms with E-state index in [9.17, 15) is 4.79 Å². The fourth-order valence-electron chi connectivity index (χ4n) is 2.08. The fourth-order valence-corrected chi connectivity index (χ4v) is 2.34. The highest BCUT2D eigenvalue weighted by Crippen LogP contribution is 2.17. The van der Waals surface area contributed by atoms with Crippen LogP contribution in [0.15, 0.2) is 53.0 Å². The van der Waals surface area contributed by atoms with Crippen molar-refractivity contribution < 1.29 is 24.1 Å². The number of aliphatic hydroxyl groups is 1.